The fraction of sp³-hybridized carbons (Fsp3) is 0.533. The van der Waals surface area contributed by atoms with Gasteiger partial charge in [-0.2, -0.15) is 0 Å². The van der Waals surface area contributed by atoms with Crippen LogP contribution in [0.15, 0.2) is 18.2 Å². The van der Waals surface area contributed by atoms with Crippen molar-refractivity contribution < 1.29 is 14.2 Å². The van der Waals surface area contributed by atoms with E-state index in [0.29, 0.717) is 29.0 Å². The van der Waals surface area contributed by atoms with Crippen LogP contribution in [0.2, 0.25) is 5.02 Å². The molecule has 1 aromatic carbocycles. The lowest BCUT2D eigenvalue weighted by Crippen LogP contribution is -2.44. The van der Waals surface area contributed by atoms with Crippen molar-refractivity contribution in [3.8, 4) is 5.75 Å². The molecule has 2 unspecified atom stereocenters. The predicted molar refractivity (Wildman–Crippen MR) is 85.1 cm³/mol. The Bertz CT molecular complexity index is 546. The molecule has 0 aliphatic carbocycles. The molecule has 1 spiro atoms. The van der Waals surface area contributed by atoms with Crippen LogP contribution >= 0.6 is 23.8 Å². The molecule has 0 aromatic heterocycles. The average molecular weight is 328 g/mol. The number of thiocarbonyl (C=S) groups is 1. The van der Waals surface area contributed by atoms with Crippen molar-refractivity contribution >= 4 is 28.8 Å². The minimum absolute atomic E-state index is 0.0913. The van der Waals surface area contributed by atoms with Crippen LogP contribution in [0.1, 0.15) is 24.8 Å². The van der Waals surface area contributed by atoms with Gasteiger partial charge in [0.2, 0.25) is 0 Å². The highest BCUT2D eigenvalue weighted by atomic mass is 35.5. The van der Waals surface area contributed by atoms with Crippen molar-refractivity contribution in [1.29, 1.82) is 0 Å². The molecule has 2 atom stereocenters. The lowest BCUT2D eigenvalue weighted by Gasteiger charge is -2.37. The molecule has 0 amide bonds. The van der Waals surface area contributed by atoms with Crippen molar-refractivity contribution in [2.24, 2.45) is 5.73 Å². The topological polar surface area (TPSA) is 53.7 Å². The van der Waals surface area contributed by atoms with Crippen molar-refractivity contribution in [1.82, 2.24) is 0 Å². The zero-order valence-corrected chi connectivity index (χ0v) is 13.2. The third-order valence-electron chi connectivity index (χ3n) is 4.02. The summed E-state index contributed by atoms with van der Waals surface area (Å²) >= 11 is 11.2. The summed E-state index contributed by atoms with van der Waals surface area (Å²) in [5, 5.41) is 0.531. The number of ether oxygens (including phenoxy) is 3. The molecule has 114 valence electrons. The molecule has 0 bridgehead atoms. The van der Waals surface area contributed by atoms with Crippen LogP contribution < -0.4 is 10.5 Å². The fourth-order valence-electron chi connectivity index (χ4n) is 2.88. The lowest BCUT2D eigenvalue weighted by atomic mass is 9.91. The maximum absolute atomic E-state index is 6.25. The van der Waals surface area contributed by atoms with Gasteiger partial charge in [-0.25, -0.2) is 0 Å². The zero-order chi connectivity index (χ0) is 14.9. The molecule has 2 saturated heterocycles. The summed E-state index contributed by atoms with van der Waals surface area (Å²) in [6, 6.07) is 5.40. The maximum Gasteiger partial charge on any atom is 0.138 e. The van der Waals surface area contributed by atoms with Crippen LogP contribution in [0.3, 0.4) is 0 Å². The van der Waals surface area contributed by atoms with E-state index in [0.717, 1.165) is 31.4 Å². The van der Waals surface area contributed by atoms with Crippen LogP contribution in [0.4, 0.5) is 0 Å². The minimum Gasteiger partial charge on any atom is -0.489 e. The Morgan fingerprint density at radius 1 is 1.43 bits per heavy atom. The van der Waals surface area contributed by atoms with Gasteiger partial charge in [-0.3, -0.25) is 0 Å². The van der Waals surface area contributed by atoms with E-state index >= 15 is 0 Å². The van der Waals surface area contributed by atoms with Crippen molar-refractivity contribution in [2.45, 2.75) is 31.0 Å². The number of halogens is 1. The Hall–Kier alpha value is -0.880. The van der Waals surface area contributed by atoms with Crippen LogP contribution in [0.5, 0.6) is 5.75 Å². The Morgan fingerprint density at radius 2 is 2.29 bits per heavy atom. The smallest absolute Gasteiger partial charge is 0.138 e. The Morgan fingerprint density at radius 3 is 2.95 bits per heavy atom. The second-order valence-corrected chi connectivity index (χ2v) is 6.42. The summed E-state index contributed by atoms with van der Waals surface area (Å²) in [7, 11) is 0. The van der Waals surface area contributed by atoms with Gasteiger partial charge in [-0.1, -0.05) is 23.8 Å². The first kappa shape index (κ1) is 15.0. The van der Waals surface area contributed by atoms with Crippen LogP contribution in [-0.2, 0) is 9.47 Å². The molecule has 4 nitrogen and oxygen atoms in total. The largest absolute Gasteiger partial charge is 0.489 e. The normalized spacial score (nSPS) is 28.7. The zero-order valence-electron chi connectivity index (χ0n) is 11.6. The van der Waals surface area contributed by atoms with Gasteiger partial charge >= 0.3 is 0 Å². The summed E-state index contributed by atoms with van der Waals surface area (Å²) < 4.78 is 17.4. The SMILES string of the molecule is NC(=S)c1ccc(OC2CCOC3(CCOC3)C2)c(Cl)c1. The number of nitrogens with two attached hydrogens (primary N) is 1. The van der Waals surface area contributed by atoms with E-state index in [2.05, 4.69) is 0 Å². The fourth-order valence-corrected chi connectivity index (χ4v) is 3.23. The van der Waals surface area contributed by atoms with Gasteiger partial charge in [0.25, 0.3) is 0 Å². The van der Waals surface area contributed by atoms with Crippen LogP contribution in [-0.4, -0.2) is 36.5 Å². The number of hydrogen-bond donors (Lipinski definition) is 1. The third kappa shape index (κ3) is 3.31. The number of rotatable bonds is 3. The van der Waals surface area contributed by atoms with E-state index in [1.807, 2.05) is 12.1 Å². The summed E-state index contributed by atoms with van der Waals surface area (Å²) in [5.74, 6) is 0.664. The lowest BCUT2D eigenvalue weighted by molar-refractivity contribution is -0.112. The van der Waals surface area contributed by atoms with E-state index < -0.39 is 0 Å². The molecule has 3 rings (SSSR count). The number of hydrogen-bond acceptors (Lipinski definition) is 4. The van der Waals surface area contributed by atoms with Crippen molar-refractivity contribution in [3.05, 3.63) is 28.8 Å². The second-order valence-electron chi connectivity index (χ2n) is 5.58. The molecular weight excluding hydrogens is 310 g/mol. The molecule has 2 fully saturated rings. The molecular formula is C15H18ClNO3S. The molecule has 0 radical (unpaired) electrons. The first-order chi connectivity index (χ1) is 10.1. The first-order valence-corrected chi connectivity index (χ1v) is 7.84. The number of benzene rings is 1. The van der Waals surface area contributed by atoms with Crippen molar-refractivity contribution in [3.63, 3.8) is 0 Å². The molecule has 6 heteroatoms. The van der Waals surface area contributed by atoms with Gasteiger partial charge in [0, 0.05) is 31.4 Å². The minimum atomic E-state index is -0.172. The quantitative estimate of drug-likeness (QED) is 0.865. The Kier molecular flexibility index (Phi) is 4.36. The maximum atomic E-state index is 6.25. The second kappa shape index (κ2) is 6.08. The van der Waals surface area contributed by atoms with Gasteiger partial charge < -0.3 is 19.9 Å². The molecule has 0 saturated carbocycles. The summed E-state index contributed by atoms with van der Waals surface area (Å²) in [6.07, 6.45) is 2.71. The van der Waals surface area contributed by atoms with Crippen LogP contribution in [0.25, 0.3) is 0 Å². The molecule has 1 aromatic rings. The first-order valence-electron chi connectivity index (χ1n) is 7.06. The summed E-state index contributed by atoms with van der Waals surface area (Å²) in [5.41, 5.74) is 6.17. The van der Waals surface area contributed by atoms with E-state index in [4.69, 9.17) is 43.8 Å². The molecule has 21 heavy (non-hydrogen) atoms. The highest BCUT2D eigenvalue weighted by molar-refractivity contribution is 7.80. The van der Waals surface area contributed by atoms with Gasteiger partial charge in [-0.15, -0.1) is 0 Å². The summed E-state index contributed by atoms with van der Waals surface area (Å²) in [4.78, 5) is 0.330. The van der Waals surface area contributed by atoms with Gasteiger partial charge in [0.05, 0.1) is 23.8 Å². The van der Waals surface area contributed by atoms with Crippen LogP contribution in [0, 0.1) is 0 Å². The molecule has 2 heterocycles. The summed E-state index contributed by atoms with van der Waals surface area (Å²) in [6.45, 7) is 2.10. The molecule has 2 N–H and O–H groups in total. The van der Waals surface area contributed by atoms with E-state index in [9.17, 15) is 0 Å². The van der Waals surface area contributed by atoms with E-state index in [1.165, 1.54) is 0 Å². The van der Waals surface area contributed by atoms with E-state index in [1.54, 1.807) is 6.07 Å². The van der Waals surface area contributed by atoms with Gasteiger partial charge in [0.15, 0.2) is 0 Å². The average Bonchev–Trinajstić information content (AvgIpc) is 2.89. The predicted octanol–water partition coefficient (Wildman–Crippen LogP) is 2.69. The Balaban J connectivity index is 1.70. The van der Waals surface area contributed by atoms with Crippen molar-refractivity contribution in [2.75, 3.05) is 19.8 Å². The highest BCUT2D eigenvalue weighted by Gasteiger charge is 2.41. The molecule has 2 aliphatic rings. The monoisotopic (exact) mass is 327 g/mol. The van der Waals surface area contributed by atoms with Gasteiger partial charge in [-0.05, 0) is 18.2 Å². The third-order valence-corrected chi connectivity index (χ3v) is 4.56. The molecule has 2 aliphatic heterocycles. The Labute approximate surface area is 134 Å². The van der Waals surface area contributed by atoms with Gasteiger partial charge in [0.1, 0.15) is 16.8 Å². The van der Waals surface area contributed by atoms with E-state index in [-0.39, 0.29) is 11.7 Å². The standard InChI is InChI=1S/C15H18ClNO3S/c16-12-7-10(14(17)21)1-2-13(12)20-11-3-5-19-15(8-11)4-6-18-9-15/h1-2,7,11H,3-6,8-9H2,(H2,17,21). The highest BCUT2D eigenvalue weighted by Crippen LogP contribution is 2.36.